The molecule has 0 radical (unpaired) electrons. The van der Waals surface area contributed by atoms with Crippen molar-refractivity contribution in [1.29, 1.82) is 0 Å². The topological polar surface area (TPSA) is 109 Å². The molecular formula is C26H23N3O5. The maximum atomic E-state index is 13.2. The number of para-hydroxylation sites is 2. The van der Waals surface area contributed by atoms with Crippen LogP contribution in [-0.4, -0.2) is 33.4 Å². The van der Waals surface area contributed by atoms with Crippen LogP contribution in [0.2, 0.25) is 0 Å². The number of H-pyrrole nitrogens is 1. The van der Waals surface area contributed by atoms with E-state index in [-0.39, 0.29) is 17.3 Å². The summed E-state index contributed by atoms with van der Waals surface area (Å²) in [5, 5.41) is 11.2. The van der Waals surface area contributed by atoms with Crippen molar-refractivity contribution in [3.63, 3.8) is 0 Å². The standard InChI is InChI=1S/C26H23N3O5/c1-15(2)14-34-17-8-5-7-16(13-17)23(30)21-22(20-11-6-12-33-20)29(25(32)24(21)31)26-27-18-9-3-4-10-19(18)28-26/h3-13,15,22,30H,14H2,1-2H3,(H,27,28)/b23-21+. The molecule has 1 aliphatic rings. The molecule has 3 heterocycles. The number of aliphatic hydroxyl groups is 1. The lowest BCUT2D eigenvalue weighted by Gasteiger charge is -2.20. The van der Waals surface area contributed by atoms with E-state index in [9.17, 15) is 14.7 Å². The number of fused-ring (bicyclic) bond motifs is 1. The fourth-order valence-corrected chi connectivity index (χ4v) is 3.97. The van der Waals surface area contributed by atoms with Gasteiger partial charge < -0.3 is 19.2 Å². The second-order valence-corrected chi connectivity index (χ2v) is 8.49. The molecule has 0 saturated carbocycles. The van der Waals surface area contributed by atoms with Crippen molar-refractivity contribution >= 4 is 34.4 Å². The van der Waals surface area contributed by atoms with E-state index in [1.54, 1.807) is 42.5 Å². The molecule has 1 atom stereocenters. The lowest BCUT2D eigenvalue weighted by Crippen LogP contribution is -2.30. The number of aromatic amines is 1. The van der Waals surface area contributed by atoms with Crippen LogP contribution in [0, 0.1) is 5.92 Å². The molecule has 0 aliphatic carbocycles. The van der Waals surface area contributed by atoms with Crippen LogP contribution in [-0.2, 0) is 9.59 Å². The van der Waals surface area contributed by atoms with Gasteiger partial charge in [0.2, 0.25) is 5.95 Å². The fourth-order valence-electron chi connectivity index (χ4n) is 3.97. The number of rotatable bonds is 6. The lowest BCUT2D eigenvalue weighted by atomic mass is 9.99. The van der Waals surface area contributed by atoms with Gasteiger partial charge in [-0.1, -0.05) is 38.1 Å². The van der Waals surface area contributed by atoms with E-state index in [0.29, 0.717) is 40.6 Å². The number of aromatic nitrogens is 2. The summed E-state index contributed by atoms with van der Waals surface area (Å²) < 4.78 is 11.3. The molecule has 1 fully saturated rings. The Bertz CT molecular complexity index is 1370. The Balaban J connectivity index is 1.63. The number of ketones is 1. The van der Waals surface area contributed by atoms with Gasteiger partial charge in [-0.2, -0.15) is 0 Å². The molecule has 34 heavy (non-hydrogen) atoms. The predicted molar refractivity (Wildman–Crippen MR) is 126 cm³/mol. The Hall–Kier alpha value is -4.33. The largest absolute Gasteiger partial charge is 0.507 e. The number of Topliss-reactive ketones (excluding diaryl/α,β-unsaturated/α-hetero) is 1. The highest BCUT2D eigenvalue weighted by molar-refractivity contribution is 6.51. The Morgan fingerprint density at radius 1 is 1.15 bits per heavy atom. The van der Waals surface area contributed by atoms with Gasteiger partial charge in [-0.25, -0.2) is 4.98 Å². The summed E-state index contributed by atoms with van der Waals surface area (Å²) in [6.45, 7) is 4.58. The predicted octanol–water partition coefficient (Wildman–Crippen LogP) is 4.82. The zero-order valence-electron chi connectivity index (χ0n) is 18.7. The normalized spacial score (nSPS) is 17.7. The van der Waals surface area contributed by atoms with E-state index in [0.717, 1.165) is 0 Å². The van der Waals surface area contributed by atoms with Gasteiger partial charge >= 0.3 is 5.91 Å². The van der Waals surface area contributed by atoms with Crippen LogP contribution in [0.3, 0.4) is 0 Å². The first kappa shape index (κ1) is 21.5. The first-order valence-corrected chi connectivity index (χ1v) is 11.0. The summed E-state index contributed by atoms with van der Waals surface area (Å²) in [6, 6.07) is 16.4. The van der Waals surface area contributed by atoms with Crippen molar-refractivity contribution in [3.05, 3.63) is 83.8 Å². The van der Waals surface area contributed by atoms with Gasteiger partial charge in [0.15, 0.2) is 0 Å². The molecule has 1 unspecified atom stereocenters. The number of carbonyl (C=O) groups excluding carboxylic acids is 2. The molecule has 172 valence electrons. The monoisotopic (exact) mass is 457 g/mol. The van der Waals surface area contributed by atoms with Crippen LogP contribution in [0.1, 0.15) is 31.2 Å². The van der Waals surface area contributed by atoms with Gasteiger partial charge in [-0.15, -0.1) is 0 Å². The van der Waals surface area contributed by atoms with Crippen molar-refractivity contribution in [3.8, 4) is 5.75 Å². The summed E-state index contributed by atoms with van der Waals surface area (Å²) in [6.07, 6.45) is 1.45. The highest BCUT2D eigenvalue weighted by Crippen LogP contribution is 2.42. The summed E-state index contributed by atoms with van der Waals surface area (Å²) in [5.41, 5.74) is 1.64. The maximum absolute atomic E-state index is 13.2. The summed E-state index contributed by atoms with van der Waals surface area (Å²) in [5.74, 6) is -0.550. The first-order valence-electron chi connectivity index (χ1n) is 11.0. The number of hydrogen-bond donors (Lipinski definition) is 2. The minimum atomic E-state index is -0.990. The fraction of sp³-hybridized carbons (Fsp3) is 0.192. The number of anilines is 1. The highest BCUT2D eigenvalue weighted by atomic mass is 16.5. The van der Waals surface area contributed by atoms with Gasteiger partial charge in [-0.05, 0) is 42.3 Å². The third-order valence-electron chi connectivity index (χ3n) is 5.55. The Labute approximate surface area is 195 Å². The van der Waals surface area contributed by atoms with Crippen LogP contribution in [0.15, 0.2) is 76.9 Å². The van der Waals surface area contributed by atoms with Crippen LogP contribution < -0.4 is 9.64 Å². The van der Waals surface area contributed by atoms with Gasteiger partial charge in [-0.3, -0.25) is 14.5 Å². The van der Waals surface area contributed by atoms with Gasteiger partial charge in [0.05, 0.1) is 29.5 Å². The van der Waals surface area contributed by atoms with Gasteiger partial charge in [0, 0.05) is 5.56 Å². The van der Waals surface area contributed by atoms with Crippen molar-refractivity contribution in [2.24, 2.45) is 5.92 Å². The molecule has 0 bridgehead atoms. The van der Waals surface area contributed by atoms with Gasteiger partial charge in [0.25, 0.3) is 5.78 Å². The van der Waals surface area contributed by atoms with Crippen LogP contribution >= 0.6 is 0 Å². The minimum absolute atomic E-state index is 0.0820. The third-order valence-corrected chi connectivity index (χ3v) is 5.55. The number of ether oxygens (including phenoxy) is 1. The minimum Gasteiger partial charge on any atom is -0.507 e. The van der Waals surface area contributed by atoms with Crippen LogP contribution in [0.4, 0.5) is 5.95 Å². The summed E-state index contributed by atoms with van der Waals surface area (Å²) >= 11 is 0. The summed E-state index contributed by atoms with van der Waals surface area (Å²) in [4.78, 5) is 35.2. The molecule has 1 aliphatic heterocycles. The molecule has 5 rings (SSSR count). The smallest absolute Gasteiger partial charge is 0.302 e. The summed E-state index contributed by atoms with van der Waals surface area (Å²) in [7, 11) is 0. The van der Waals surface area contributed by atoms with Crippen molar-refractivity contribution in [1.82, 2.24) is 9.97 Å². The molecule has 2 aromatic carbocycles. The molecule has 1 amide bonds. The molecule has 1 saturated heterocycles. The number of nitrogens with one attached hydrogen (secondary N) is 1. The number of furan rings is 1. The van der Waals surface area contributed by atoms with E-state index in [1.165, 1.54) is 11.2 Å². The van der Waals surface area contributed by atoms with Crippen molar-refractivity contribution < 1.29 is 23.8 Å². The van der Waals surface area contributed by atoms with E-state index >= 15 is 0 Å². The van der Waals surface area contributed by atoms with Crippen molar-refractivity contribution in [2.75, 3.05) is 11.5 Å². The maximum Gasteiger partial charge on any atom is 0.302 e. The number of amides is 1. The van der Waals surface area contributed by atoms with E-state index in [2.05, 4.69) is 9.97 Å². The Morgan fingerprint density at radius 2 is 1.97 bits per heavy atom. The van der Waals surface area contributed by atoms with Crippen LogP contribution in [0.25, 0.3) is 16.8 Å². The molecule has 2 N–H and O–H groups in total. The second-order valence-electron chi connectivity index (χ2n) is 8.49. The second kappa shape index (κ2) is 8.55. The zero-order valence-corrected chi connectivity index (χ0v) is 18.7. The molecule has 8 heteroatoms. The average molecular weight is 457 g/mol. The quantitative estimate of drug-likeness (QED) is 0.244. The first-order chi connectivity index (χ1) is 16.4. The Morgan fingerprint density at radius 3 is 2.71 bits per heavy atom. The third kappa shape index (κ3) is 3.73. The SMILES string of the molecule is CC(C)COc1cccc(/C(O)=C2\C(=O)C(=O)N(c3nc4ccccc4[nH]3)C2c2ccco2)c1. The lowest BCUT2D eigenvalue weighted by molar-refractivity contribution is -0.132. The molecule has 4 aromatic rings. The number of hydrogen-bond acceptors (Lipinski definition) is 6. The van der Waals surface area contributed by atoms with Crippen molar-refractivity contribution in [2.45, 2.75) is 19.9 Å². The average Bonchev–Trinajstić information content (AvgIpc) is 3.56. The molecular weight excluding hydrogens is 434 g/mol. The van der Waals surface area contributed by atoms with E-state index < -0.39 is 17.7 Å². The molecule has 2 aromatic heterocycles. The van der Waals surface area contributed by atoms with Gasteiger partial charge in [0.1, 0.15) is 23.3 Å². The number of aliphatic hydroxyl groups excluding tert-OH is 1. The Kier molecular flexibility index (Phi) is 5.41. The number of benzene rings is 2. The number of nitrogens with zero attached hydrogens (tertiary/aromatic N) is 2. The van der Waals surface area contributed by atoms with Crippen LogP contribution in [0.5, 0.6) is 5.75 Å². The number of carbonyl (C=O) groups is 2. The zero-order chi connectivity index (χ0) is 23.8. The van der Waals surface area contributed by atoms with E-state index in [1.807, 2.05) is 32.0 Å². The number of imidazole rings is 1. The molecule has 8 nitrogen and oxygen atoms in total. The highest BCUT2D eigenvalue weighted by Gasteiger charge is 2.49. The van der Waals surface area contributed by atoms with E-state index in [4.69, 9.17) is 9.15 Å². The molecule has 0 spiro atoms.